The molecule has 10 heteroatoms. The fourth-order valence-electron chi connectivity index (χ4n) is 5.56. The van der Waals surface area contributed by atoms with E-state index in [0.717, 1.165) is 17.7 Å². The lowest BCUT2D eigenvalue weighted by atomic mass is 9.75. The molecule has 0 bridgehead atoms. The Bertz CT molecular complexity index is 1150. The van der Waals surface area contributed by atoms with Gasteiger partial charge in [0.1, 0.15) is 12.2 Å². The van der Waals surface area contributed by atoms with Gasteiger partial charge >= 0.3 is 6.18 Å². The van der Waals surface area contributed by atoms with Gasteiger partial charge in [0, 0.05) is 26.6 Å². The van der Waals surface area contributed by atoms with E-state index in [1.54, 1.807) is 18.9 Å². The van der Waals surface area contributed by atoms with Crippen molar-refractivity contribution in [2.45, 2.75) is 62.6 Å². The summed E-state index contributed by atoms with van der Waals surface area (Å²) >= 11 is 0. The van der Waals surface area contributed by atoms with Crippen molar-refractivity contribution in [1.82, 2.24) is 15.5 Å². The Morgan fingerprint density at radius 3 is 2.47 bits per heavy atom. The lowest BCUT2D eigenvalue weighted by Gasteiger charge is -2.50. The summed E-state index contributed by atoms with van der Waals surface area (Å²) in [5, 5.41) is 6.21. The average molecular weight is 536 g/mol. The summed E-state index contributed by atoms with van der Waals surface area (Å²) in [6, 6.07) is 12.7. The molecule has 2 aliphatic heterocycles. The molecule has 4 rings (SSSR count). The molecule has 206 valence electrons. The van der Waals surface area contributed by atoms with Crippen molar-refractivity contribution in [1.29, 1.82) is 0 Å². The Balaban J connectivity index is 1.60. The number of likely N-dealkylation sites (N-methyl/N-ethyl adjacent to an activating group) is 1. The Labute approximate surface area is 219 Å². The summed E-state index contributed by atoms with van der Waals surface area (Å²) < 4.78 is 59.7. The molecule has 0 radical (unpaired) electrons. The first-order valence-electron chi connectivity index (χ1n) is 12.8. The van der Waals surface area contributed by atoms with Crippen LogP contribution in [0.4, 0.5) is 17.6 Å². The van der Waals surface area contributed by atoms with Gasteiger partial charge in [-0.1, -0.05) is 36.4 Å². The topological polar surface area (TPSA) is 70.7 Å². The van der Waals surface area contributed by atoms with Crippen molar-refractivity contribution in [2.24, 2.45) is 0 Å². The summed E-state index contributed by atoms with van der Waals surface area (Å²) in [7, 11) is 1.55. The number of benzene rings is 2. The first-order chi connectivity index (χ1) is 18.0. The number of ether oxygens (including phenoxy) is 1. The van der Waals surface area contributed by atoms with Crippen LogP contribution < -0.4 is 10.6 Å². The monoisotopic (exact) mass is 535 g/mol. The maximum Gasteiger partial charge on any atom is 0.416 e. The van der Waals surface area contributed by atoms with Gasteiger partial charge in [-0.2, -0.15) is 13.2 Å². The number of likely N-dealkylation sites (tertiary alicyclic amines) is 1. The van der Waals surface area contributed by atoms with E-state index in [1.165, 1.54) is 6.07 Å². The Morgan fingerprint density at radius 1 is 1.18 bits per heavy atom. The van der Waals surface area contributed by atoms with Crippen LogP contribution in [0, 0.1) is 0 Å². The van der Waals surface area contributed by atoms with Gasteiger partial charge in [0.2, 0.25) is 11.8 Å². The van der Waals surface area contributed by atoms with Gasteiger partial charge in [0.05, 0.1) is 23.8 Å². The maximum atomic E-state index is 13.4. The van der Waals surface area contributed by atoms with Crippen LogP contribution in [0.25, 0.3) is 0 Å². The lowest BCUT2D eigenvalue weighted by Crippen LogP contribution is -2.69. The molecule has 0 aromatic heterocycles. The van der Waals surface area contributed by atoms with Crippen molar-refractivity contribution in [3.63, 3.8) is 0 Å². The third-order valence-corrected chi connectivity index (χ3v) is 7.80. The van der Waals surface area contributed by atoms with E-state index in [2.05, 4.69) is 10.6 Å². The predicted molar refractivity (Wildman–Crippen MR) is 134 cm³/mol. The Hall–Kier alpha value is -2.98. The molecule has 0 spiro atoms. The van der Waals surface area contributed by atoms with Crippen LogP contribution in [0.15, 0.2) is 48.5 Å². The zero-order valence-corrected chi connectivity index (χ0v) is 21.5. The first kappa shape index (κ1) is 28.0. The van der Waals surface area contributed by atoms with Crippen molar-refractivity contribution < 1.29 is 31.9 Å². The number of hydrogen-bond acceptors (Lipinski definition) is 4. The van der Waals surface area contributed by atoms with Gasteiger partial charge in [0.25, 0.3) is 0 Å². The van der Waals surface area contributed by atoms with Crippen LogP contribution in [0.5, 0.6) is 0 Å². The van der Waals surface area contributed by atoms with Crippen molar-refractivity contribution in [3.8, 4) is 0 Å². The molecule has 2 N–H and O–H groups in total. The van der Waals surface area contributed by atoms with E-state index in [0.29, 0.717) is 32.2 Å². The van der Waals surface area contributed by atoms with Crippen LogP contribution in [0.1, 0.15) is 61.0 Å². The second-order valence-corrected chi connectivity index (χ2v) is 10.1. The highest BCUT2D eigenvalue weighted by Gasteiger charge is 2.53. The number of nitrogens with zero attached hydrogens (tertiary/aromatic N) is 1. The number of amides is 2. The number of alkyl halides is 4. The maximum absolute atomic E-state index is 13.4. The quantitative estimate of drug-likeness (QED) is 0.484. The van der Waals surface area contributed by atoms with Gasteiger partial charge in [-0.15, -0.1) is 0 Å². The summed E-state index contributed by atoms with van der Waals surface area (Å²) in [5.41, 5.74) is -1.64. The number of rotatable bonds is 8. The van der Waals surface area contributed by atoms with Crippen LogP contribution >= 0.6 is 0 Å². The number of carbonyl (C=O) groups is 2. The zero-order chi connectivity index (χ0) is 27.6. The molecule has 2 aliphatic rings. The number of nitrogens with one attached hydrogen (secondary N) is 2. The molecule has 2 amide bonds. The molecular formula is C28H33F4N3O3. The predicted octanol–water partition coefficient (Wildman–Crippen LogP) is 4.64. The van der Waals surface area contributed by atoms with Crippen LogP contribution in [0.2, 0.25) is 0 Å². The van der Waals surface area contributed by atoms with Gasteiger partial charge in [-0.3, -0.25) is 9.59 Å². The second-order valence-electron chi connectivity index (χ2n) is 10.1. The Kier molecular flexibility index (Phi) is 8.13. The van der Waals surface area contributed by atoms with Crippen LogP contribution in [0.3, 0.4) is 0 Å². The van der Waals surface area contributed by atoms with Crippen LogP contribution in [-0.2, 0) is 32.7 Å². The second kappa shape index (κ2) is 11.0. The normalized spacial score (nSPS) is 24.9. The summed E-state index contributed by atoms with van der Waals surface area (Å²) in [5.74, 6) is -0.292. The fourth-order valence-corrected chi connectivity index (χ4v) is 5.56. The lowest BCUT2D eigenvalue weighted by molar-refractivity contribution is -0.148. The van der Waals surface area contributed by atoms with E-state index >= 15 is 0 Å². The first-order valence-corrected chi connectivity index (χ1v) is 12.8. The minimum absolute atomic E-state index is 0.0549. The SMILES string of the molecule is CNC(=O)C1(N2CCCC2=O)CC[C@@](CO[C@H](C)c2cc(CF)cc(C(F)(F)F)c2)(c2ccccc2)NC1. The van der Waals surface area contributed by atoms with E-state index in [4.69, 9.17) is 4.74 Å². The number of halogens is 4. The standard InChI is InChI=1S/C28H33F4N3O3/c1-19(21-13-20(16-29)14-23(15-21)28(30,31)32)38-18-26(22-7-4-3-5-8-22)10-11-27(17-34-26,25(37)33-2)35-12-6-9-24(35)36/h3-5,7-8,13-15,19,34H,6,9-12,16-18H2,1-2H3,(H,33,37)/t19-,26-,27?/m1/s1. The van der Waals surface area contributed by atoms with Gasteiger partial charge in [-0.25, -0.2) is 4.39 Å². The number of piperidine rings is 1. The highest BCUT2D eigenvalue weighted by atomic mass is 19.4. The number of hydrogen-bond donors (Lipinski definition) is 2. The van der Waals surface area contributed by atoms with Crippen molar-refractivity contribution in [3.05, 3.63) is 70.8 Å². The molecule has 1 unspecified atom stereocenters. The molecule has 2 aromatic rings. The smallest absolute Gasteiger partial charge is 0.372 e. The molecule has 38 heavy (non-hydrogen) atoms. The minimum atomic E-state index is -4.61. The largest absolute Gasteiger partial charge is 0.416 e. The average Bonchev–Trinajstić information content (AvgIpc) is 3.37. The van der Waals surface area contributed by atoms with Gasteiger partial charge < -0.3 is 20.3 Å². The van der Waals surface area contributed by atoms with E-state index in [9.17, 15) is 27.2 Å². The molecule has 6 nitrogen and oxygen atoms in total. The molecule has 2 heterocycles. The third-order valence-electron chi connectivity index (χ3n) is 7.80. The molecule has 0 aliphatic carbocycles. The highest BCUT2D eigenvalue weighted by Crippen LogP contribution is 2.40. The minimum Gasteiger partial charge on any atom is -0.372 e. The fraction of sp³-hybridized carbons (Fsp3) is 0.500. The van der Waals surface area contributed by atoms with Crippen molar-refractivity contribution in [2.75, 3.05) is 26.7 Å². The summed E-state index contributed by atoms with van der Waals surface area (Å²) in [6.07, 6.45) is -3.43. The third kappa shape index (κ3) is 5.42. The number of carbonyl (C=O) groups excluding carboxylic acids is 2. The van der Waals surface area contributed by atoms with E-state index in [-0.39, 0.29) is 36.1 Å². The molecule has 2 aromatic carbocycles. The van der Waals surface area contributed by atoms with Gasteiger partial charge in [0.15, 0.2) is 0 Å². The molecule has 0 saturated carbocycles. The van der Waals surface area contributed by atoms with Crippen molar-refractivity contribution >= 4 is 11.8 Å². The summed E-state index contributed by atoms with van der Waals surface area (Å²) in [4.78, 5) is 27.4. The van der Waals surface area contributed by atoms with Gasteiger partial charge in [-0.05, 0) is 55.0 Å². The Morgan fingerprint density at radius 2 is 1.92 bits per heavy atom. The molecule has 2 fully saturated rings. The van der Waals surface area contributed by atoms with E-state index in [1.807, 2.05) is 30.3 Å². The summed E-state index contributed by atoms with van der Waals surface area (Å²) in [6.45, 7) is 1.41. The molecule has 2 saturated heterocycles. The highest BCUT2D eigenvalue weighted by molar-refractivity contribution is 5.92. The molecular weight excluding hydrogens is 502 g/mol. The van der Waals surface area contributed by atoms with Crippen LogP contribution in [-0.4, -0.2) is 49.0 Å². The molecule has 3 atom stereocenters. The zero-order valence-electron chi connectivity index (χ0n) is 21.5. The van der Waals surface area contributed by atoms with E-state index < -0.39 is 35.6 Å².